The number of thiophene rings is 1. The van der Waals surface area contributed by atoms with Crippen molar-refractivity contribution in [2.45, 2.75) is 13.3 Å². The van der Waals surface area contributed by atoms with Gasteiger partial charge in [0.25, 0.3) is 5.91 Å². The maximum atomic E-state index is 12.5. The number of hydrogen-bond acceptors (Lipinski definition) is 3. The summed E-state index contributed by atoms with van der Waals surface area (Å²) in [5.41, 5.74) is 2.60. The Balaban J connectivity index is 2.17. The summed E-state index contributed by atoms with van der Waals surface area (Å²) >= 11 is 1.44. The Kier molecular flexibility index (Phi) is 5.15. The molecule has 2 rings (SSSR count). The first kappa shape index (κ1) is 15.3. The molecule has 0 aliphatic carbocycles. The van der Waals surface area contributed by atoms with Gasteiger partial charge in [-0.05, 0) is 24.6 Å². The van der Waals surface area contributed by atoms with Crippen LogP contribution in [0.5, 0.6) is 0 Å². The first-order valence-electron chi connectivity index (χ1n) is 6.65. The molecule has 0 aliphatic heterocycles. The van der Waals surface area contributed by atoms with E-state index in [4.69, 9.17) is 5.11 Å². The van der Waals surface area contributed by atoms with E-state index >= 15 is 0 Å². The lowest BCUT2D eigenvalue weighted by molar-refractivity contribution is 0.0993. The van der Waals surface area contributed by atoms with Crippen molar-refractivity contribution in [1.29, 1.82) is 0 Å². The van der Waals surface area contributed by atoms with Gasteiger partial charge in [-0.15, -0.1) is 11.3 Å². The van der Waals surface area contributed by atoms with Crippen LogP contribution in [0, 0.1) is 18.8 Å². The van der Waals surface area contributed by atoms with E-state index in [0.29, 0.717) is 12.0 Å². The molecular formula is C17H17NO2S. The molecule has 1 amide bonds. The van der Waals surface area contributed by atoms with E-state index in [1.54, 1.807) is 18.0 Å². The molecule has 0 aliphatic rings. The van der Waals surface area contributed by atoms with Crippen LogP contribution in [0.2, 0.25) is 0 Å². The first-order valence-corrected chi connectivity index (χ1v) is 7.53. The molecule has 0 spiro atoms. The zero-order valence-corrected chi connectivity index (χ0v) is 12.9. The minimum atomic E-state index is -0.0456. The number of aliphatic hydroxyl groups excluding tert-OH is 1. The van der Waals surface area contributed by atoms with Gasteiger partial charge in [-0.25, -0.2) is 0 Å². The van der Waals surface area contributed by atoms with Gasteiger partial charge in [-0.3, -0.25) is 4.79 Å². The Hall–Kier alpha value is -2.09. The van der Waals surface area contributed by atoms with Gasteiger partial charge in [-0.1, -0.05) is 30.0 Å². The maximum Gasteiger partial charge on any atom is 0.258 e. The molecule has 3 nitrogen and oxygen atoms in total. The van der Waals surface area contributed by atoms with Gasteiger partial charge in [0.15, 0.2) is 0 Å². The molecule has 108 valence electrons. The molecule has 0 atom stereocenters. The number of hydrogen-bond donors (Lipinski definition) is 1. The zero-order valence-electron chi connectivity index (χ0n) is 12.1. The number of aryl methyl sites for hydroxylation is 1. The number of aliphatic hydroxyl groups is 1. The molecule has 0 saturated carbocycles. The van der Waals surface area contributed by atoms with E-state index in [-0.39, 0.29) is 12.5 Å². The molecule has 4 heteroatoms. The second kappa shape index (κ2) is 7.07. The van der Waals surface area contributed by atoms with Gasteiger partial charge in [0.1, 0.15) is 0 Å². The Morgan fingerprint density at radius 1 is 1.38 bits per heavy atom. The SMILES string of the molecule is Cc1ccccc1N(C)C(=O)c1csc(C#CCCO)c1. The third-order valence-electron chi connectivity index (χ3n) is 3.08. The van der Waals surface area contributed by atoms with E-state index in [1.807, 2.05) is 36.6 Å². The van der Waals surface area contributed by atoms with Crippen LogP contribution in [-0.4, -0.2) is 24.7 Å². The average Bonchev–Trinajstić information content (AvgIpc) is 2.95. The minimum absolute atomic E-state index is 0.0456. The molecular weight excluding hydrogens is 282 g/mol. The molecule has 0 saturated heterocycles. The molecule has 1 aromatic heterocycles. The normalized spacial score (nSPS) is 9.86. The molecule has 21 heavy (non-hydrogen) atoms. The Morgan fingerprint density at radius 2 is 2.14 bits per heavy atom. The predicted molar refractivity (Wildman–Crippen MR) is 86.8 cm³/mol. The molecule has 0 fully saturated rings. The number of amides is 1. The number of carbonyl (C=O) groups is 1. The lowest BCUT2D eigenvalue weighted by Crippen LogP contribution is -2.26. The van der Waals surface area contributed by atoms with Crippen LogP contribution >= 0.6 is 11.3 Å². The molecule has 1 heterocycles. The van der Waals surface area contributed by atoms with Crippen molar-refractivity contribution >= 4 is 22.9 Å². The van der Waals surface area contributed by atoms with Crippen molar-refractivity contribution in [3.05, 3.63) is 51.7 Å². The summed E-state index contributed by atoms with van der Waals surface area (Å²) in [5.74, 6) is 5.76. The van der Waals surface area contributed by atoms with E-state index in [0.717, 1.165) is 16.1 Å². The van der Waals surface area contributed by atoms with Gasteiger partial charge in [0.05, 0.1) is 17.0 Å². The summed E-state index contributed by atoms with van der Waals surface area (Å²) in [6.07, 6.45) is 0.449. The maximum absolute atomic E-state index is 12.5. The molecule has 2 aromatic rings. The fraction of sp³-hybridized carbons (Fsp3) is 0.235. The quantitative estimate of drug-likeness (QED) is 0.885. The van der Waals surface area contributed by atoms with E-state index in [9.17, 15) is 4.79 Å². The number of anilines is 1. The zero-order chi connectivity index (χ0) is 15.2. The topological polar surface area (TPSA) is 40.5 Å². The summed E-state index contributed by atoms with van der Waals surface area (Å²) < 4.78 is 0. The third-order valence-corrected chi connectivity index (χ3v) is 3.92. The summed E-state index contributed by atoms with van der Waals surface area (Å²) in [6, 6.07) is 9.59. The fourth-order valence-electron chi connectivity index (χ4n) is 1.96. The Bertz CT molecular complexity index is 694. The Morgan fingerprint density at radius 3 is 2.86 bits per heavy atom. The highest BCUT2D eigenvalue weighted by Crippen LogP contribution is 2.22. The van der Waals surface area contributed by atoms with Crippen LogP contribution in [0.1, 0.15) is 27.2 Å². The Labute approximate surface area is 128 Å². The van der Waals surface area contributed by atoms with Crippen LogP contribution in [0.25, 0.3) is 0 Å². The average molecular weight is 299 g/mol. The first-order chi connectivity index (χ1) is 10.1. The van der Waals surface area contributed by atoms with Crippen molar-refractivity contribution < 1.29 is 9.90 Å². The van der Waals surface area contributed by atoms with Gasteiger partial charge >= 0.3 is 0 Å². The highest BCUT2D eigenvalue weighted by atomic mass is 32.1. The lowest BCUT2D eigenvalue weighted by Gasteiger charge is -2.18. The van der Waals surface area contributed by atoms with Crippen molar-refractivity contribution in [3.8, 4) is 11.8 Å². The molecule has 1 aromatic carbocycles. The predicted octanol–water partition coefficient (Wildman–Crippen LogP) is 3.07. The highest BCUT2D eigenvalue weighted by molar-refractivity contribution is 7.10. The van der Waals surface area contributed by atoms with Crippen molar-refractivity contribution in [3.63, 3.8) is 0 Å². The van der Waals surface area contributed by atoms with Crippen LogP contribution in [0.4, 0.5) is 5.69 Å². The molecule has 1 N–H and O–H groups in total. The molecule has 0 unspecified atom stereocenters. The van der Waals surface area contributed by atoms with Crippen molar-refractivity contribution in [2.24, 2.45) is 0 Å². The number of carbonyl (C=O) groups excluding carboxylic acids is 1. The van der Waals surface area contributed by atoms with Crippen LogP contribution in [-0.2, 0) is 0 Å². The van der Waals surface area contributed by atoms with Crippen LogP contribution in [0.15, 0.2) is 35.7 Å². The van der Waals surface area contributed by atoms with Gasteiger partial charge in [0, 0.05) is 24.5 Å². The summed E-state index contributed by atoms with van der Waals surface area (Å²) in [5, 5.41) is 10.5. The number of benzene rings is 1. The molecule has 0 bridgehead atoms. The third kappa shape index (κ3) is 3.72. The summed E-state index contributed by atoms with van der Waals surface area (Å²) in [6.45, 7) is 2.04. The van der Waals surface area contributed by atoms with Gasteiger partial charge in [-0.2, -0.15) is 0 Å². The van der Waals surface area contributed by atoms with E-state index < -0.39 is 0 Å². The van der Waals surface area contributed by atoms with Crippen molar-refractivity contribution in [2.75, 3.05) is 18.6 Å². The second-order valence-corrected chi connectivity index (χ2v) is 5.54. The van der Waals surface area contributed by atoms with Crippen molar-refractivity contribution in [1.82, 2.24) is 0 Å². The monoisotopic (exact) mass is 299 g/mol. The van der Waals surface area contributed by atoms with Crippen LogP contribution < -0.4 is 4.90 Å². The second-order valence-electron chi connectivity index (χ2n) is 4.63. The summed E-state index contributed by atoms with van der Waals surface area (Å²) in [4.78, 5) is 15.0. The lowest BCUT2D eigenvalue weighted by atomic mass is 10.1. The minimum Gasteiger partial charge on any atom is -0.395 e. The number of nitrogens with zero attached hydrogens (tertiary/aromatic N) is 1. The largest absolute Gasteiger partial charge is 0.395 e. The van der Waals surface area contributed by atoms with E-state index in [2.05, 4.69) is 11.8 Å². The van der Waals surface area contributed by atoms with Gasteiger partial charge < -0.3 is 10.0 Å². The number of rotatable bonds is 3. The fourth-order valence-corrected chi connectivity index (χ4v) is 2.71. The molecule has 0 radical (unpaired) electrons. The van der Waals surface area contributed by atoms with E-state index in [1.165, 1.54) is 11.3 Å². The standard InChI is InChI=1S/C17H17NO2S/c1-13-7-3-4-9-16(13)18(2)17(20)14-11-15(21-12-14)8-5-6-10-19/h3-4,7,9,11-12,19H,6,10H2,1-2H3. The van der Waals surface area contributed by atoms with Crippen LogP contribution in [0.3, 0.4) is 0 Å². The number of para-hydroxylation sites is 1. The highest BCUT2D eigenvalue weighted by Gasteiger charge is 2.16. The van der Waals surface area contributed by atoms with Gasteiger partial charge in [0.2, 0.25) is 0 Å². The smallest absolute Gasteiger partial charge is 0.258 e. The summed E-state index contributed by atoms with van der Waals surface area (Å²) in [7, 11) is 1.78.